The monoisotopic (exact) mass is 1340 g/mol. The first-order valence-electron chi connectivity index (χ1n) is 32.1. The number of esters is 2. The Hall–Kier alpha value is -8.83. The lowest BCUT2D eigenvalue weighted by molar-refractivity contribution is -0.385. The molecular formula is C74H74N2O22. The third-order valence-electron chi connectivity index (χ3n) is 17.0. The van der Waals surface area contributed by atoms with E-state index in [9.17, 15) is 29.8 Å². The summed E-state index contributed by atoms with van der Waals surface area (Å²) in [5, 5.41) is 23.7. The normalized spacial score (nSPS) is 27.6. The summed E-state index contributed by atoms with van der Waals surface area (Å²) in [6.45, 7) is 5.36. The second-order valence-electron chi connectivity index (χ2n) is 24.9. The van der Waals surface area contributed by atoms with Crippen molar-refractivity contribution in [2.45, 2.75) is 158 Å². The summed E-state index contributed by atoms with van der Waals surface area (Å²) in [7, 11) is 0. The molecule has 512 valence electrons. The van der Waals surface area contributed by atoms with Crippen molar-refractivity contribution < 1.29 is 95.3 Å². The molecule has 98 heavy (non-hydrogen) atoms. The van der Waals surface area contributed by atoms with Gasteiger partial charge in [-0.3, -0.25) is 25.0 Å². The number of benzene rings is 7. The van der Waals surface area contributed by atoms with Gasteiger partial charge in [-0.25, -0.2) is 9.59 Å². The molecule has 0 N–H and O–H groups in total. The Morgan fingerprint density at radius 2 is 0.908 bits per heavy atom. The number of fused-ring (bicyclic) bond motifs is 3. The first-order valence-corrected chi connectivity index (χ1v) is 32.1. The second-order valence-corrected chi connectivity index (χ2v) is 24.9. The number of carbonyl (C=O) groups is 3. The van der Waals surface area contributed by atoms with Gasteiger partial charge in [-0.2, -0.15) is 0 Å². The van der Waals surface area contributed by atoms with Crippen LogP contribution in [0.2, 0.25) is 0 Å². The van der Waals surface area contributed by atoms with Gasteiger partial charge < -0.3 is 71.1 Å². The van der Waals surface area contributed by atoms with Crippen molar-refractivity contribution in [2.75, 3.05) is 13.2 Å². The fourth-order valence-electron chi connectivity index (χ4n) is 12.4. The molecule has 7 aromatic rings. The largest absolute Gasteiger partial charge is 0.459 e. The average Bonchev–Trinajstić information content (AvgIpc) is 1.59. The van der Waals surface area contributed by atoms with Crippen LogP contribution in [0.5, 0.6) is 0 Å². The molecular weight excluding hydrogens is 1270 g/mol. The standard InChI is InChI=1S/C74H74N2O22/c1-72(2)94-63-59(92-71-66(64(63)95-72)96-73(3,4)97-71)56(77)37-38-74(67(88-44-51-29-18-9-19-30-51)61(85-41-48-23-12-6-13-24-48)58(93-74)46-90-69(79)53-31-20-32-55(39-53)76(82)83)98-70-65(87-43-50-27-16-8-17-28-50)62(86-42-49-25-14-7-15-26-49)60(84-40-47-21-10-5-11-22-47)57(91-70)45-89-68(78)52-33-35-54(36-34-52)75(80)81/h5-39,57-67,70-71H,40-46H2,1-4H3/b38-37+/t57-,58-,59-,60-,61-,62+,63+,64+,65-,66-,67+,70-,71-,74+/m1/s1. The molecule has 5 aliphatic rings. The van der Waals surface area contributed by atoms with Crippen LogP contribution in [0.25, 0.3) is 0 Å². The molecule has 5 fully saturated rings. The molecule has 0 aliphatic carbocycles. The third kappa shape index (κ3) is 16.8. The first kappa shape index (κ1) is 69.1. The summed E-state index contributed by atoms with van der Waals surface area (Å²) in [5.41, 5.74) is 2.89. The maximum atomic E-state index is 15.6. The molecule has 0 spiro atoms. The molecule has 7 aromatic carbocycles. The Morgan fingerprint density at radius 3 is 1.45 bits per heavy atom. The smallest absolute Gasteiger partial charge is 0.338 e. The first-order chi connectivity index (χ1) is 47.4. The average molecular weight is 1340 g/mol. The molecule has 0 bridgehead atoms. The summed E-state index contributed by atoms with van der Waals surface area (Å²) in [6, 6.07) is 56.3. The molecule has 5 heterocycles. The quantitative estimate of drug-likeness (QED) is 0.0191. The van der Waals surface area contributed by atoms with Gasteiger partial charge in [-0.05, 0) is 85.9 Å². The molecule has 0 unspecified atom stereocenters. The van der Waals surface area contributed by atoms with Crippen molar-refractivity contribution in [3.05, 3.63) is 272 Å². The highest BCUT2D eigenvalue weighted by molar-refractivity contribution is 5.94. The van der Waals surface area contributed by atoms with Crippen molar-refractivity contribution in [3.8, 4) is 0 Å². The van der Waals surface area contributed by atoms with Gasteiger partial charge in [-0.15, -0.1) is 0 Å². The molecule has 0 amide bonds. The van der Waals surface area contributed by atoms with Crippen LogP contribution in [-0.2, 0) is 109 Å². The number of hydrogen-bond acceptors (Lipinski definition) is 22. The molecule has 5 saturated heterocycles. The van der Waals surface area contributed by atoms with E-state index in [0.29, 0.717) is 11.1 Å². The van der Waals surface area contributed by atoms with Crippen molar-refractivity contribution in [1.82, 2.24) is 0 Å². The zero-order chi connectivity index (χ0) is 68.4. The Balaban J connectivity index is 1.01. The van der Waals surface area contributed by atoms with E-state index in [1.54, 1.807) is 27.7 Å². The van der Waals surface area contributed by atoms with Crippen LogP contribution in [-0.4, -0.2) is 138 Å². The van der Waals surface area contributed by atoms with E-state index >= 15 is 4.79 Å². The van der Waals surface area contributed by atoms with Crippen LogP contribution in [0.15, 0.2) is 212 Å². The lowest BCUT2D eigenvalue weighted by Gasteiger charge is -2.48. The van der Waals surface area contributed by atoms with Gasteiger partial charge in [0, 0.05) is 24.3 Å². The third-order valence-corrected chi connectivity index (χ3v) is 17.0. The van der Waals surface area contributed by atoms with Crippen molar-refractivity contribution >= 4 is 29.1 Å². The number of non-ortho nitro benzene ring substituents is 2. The van der Waals surface area contributed by atoms with Gasteiger partial charge in [0.15, 0.2) is 36.0 Å². The number of nitro groups is 2. The predicted molar refractivity (Wildman–Crippen MR) is 346 cm³/mol. The Labute approximate surface area is 564 Å². The molecule has 5 aliphatic heterocycles. The Morgan fingerprint density at radius 1 is 0.449 bits per heavy atom. The molecule has 0 radical (unpaired) electrons. The Bertz CT molecular complexity index is 3870. The van der Waals surface area contributed by atoms with Crippen LogP contribution in [0.3, 0.4) is 0 Å². The summed E-state index contributed by atoms with van der Waals surface area (Å²) in [6.07, 6.45) is -13.6. The van der Waals surface area contributed by atoms with E-state index in [-0.39, 0.29) is 55.5 Å². The summed E-state index contributed by atoms with van der Waals surface area (Å²) < 4.78 is 101. The maximum Gasteiger partial charge on any atom is 0.338 e. The van der Waals surface area contributed by atoms with E-state index in [1.807, 2.05) is 152 Å². The fourth-order valence-corrected chi connectivity index (χ4v) is 12.4. The molecule has 0 aromatic heterocycles. The number of carbonyl (C=O) groups excluding carboxylic acids is 3. The van der Waals surface area contributed by atoms with E-state index in [1.165, 1.54) is 54.6 Å². The van der Waals surface area contributed by atoms with Gasteiger partial charge in [0.2, 0.25) is 5.79 Å². The van der Waals surface area contributed by atoms with E-state index in [4.69, 9.17) is 71.1 Å². The molecule has 24 heteroatoms. The van der Waals surface area contributed by atoms with Crippen LogP contribution in [0.4, 0.5) is 11.4 Å². The summed E-state index contributed by atoms with van der Waals surface area (Å²) in [5.74, 6) is -7.27. The number of ketones is 1. The van der Waals surface area contributed by atoms with E-state index in [0.717, 1.165) is 22.8 Å². The van der Waals surface area contributed by atoms with Crippen molar-refractivity contribution in [1.29, 1.82) is 0 Å². The fraction of sp³-hybridized carbons (Fsp3) is 0.365. The second kappa shape index (κ2) is 30.9. The van der Waals surface area contributed by atoms with Gasteiger partial charge in [0.1, 0.15) is 74.3 Å². The molecule has 24 nitrogen and oxygen atoms in total. The SMILES string of the molecule is CC1(C)O[C@H]2[C@@H](O1)[C@@H](C(=O)/C=C/[C@@]1(O[C@H]3O[C@H](COC(=O)c4ccc([N+](=O)[O-])cc4)[C@@H](OCc4ccccc4)[C@H](OCc4ccccc4)[C@H]3OCc3ccccc3)O[C@H](COC(=O)c3cccc([N+](=O)[O-])c3)[C@@H](OCc3ccccc3)[C@@H]1OCc1ccccc1)O[C@@H]1OC(C)(C)O[C@@H]12. The Kier molecular flexibility index (Phi) is 21.8. The predicted octanol–water partition coefficient (Wildman–Crippen LogP) is 10.8. The molecule has 14 atom stereocenters. The highest BCUT2D eigenvalue weighted by Gasteiger charge is 2.64. The number of nitro benzene ring substituents is 2. The number of rotatable bonds is 28. The molecule has 0 saturated carbocycles. The van der Waals surface area contributed by atoms with Crippen molar-refractivity contribution in [2.24, 2.45) is 0 Å². The lowest BCUT2D eigenvalue weighted by Crippen LogP contribution is -2.64. The summed E-state index contributed by atoms with van der Waals surface area (Å²) >= 11 is 0. The van der Waals surface area contributed by atoms with Gasteiger partial charge in [0.05, 0.1) is 54.0 Å². The van der Waals surface area contributed by atoms with Gasteiger partial charge in [-0.1, -0.05) is 158 Å². The van der Waals surface area contributed by atoms with Gasteiger partial charge in [0.25, 0.3) is 11.4 Å². The number of ether oxygens (including phenoxy) is 15. The highest BCUT2D eigenvalue weighted by Crippen LogP contribution is 2.47. The maximum absolute atomic E-state index is 15.6. The van der Waals surface area contributed by atoms with Crippen LogP contribution >= 0.6 is 0 Å². The minimum Gasteiger partial charge on any atom is -0.459 e. The lowest BCUT2D eigenvalue weighted by atomic mass is 9.95. The summed E-state index contributed by atoms with van der Waals surface area (Å²) in [4.78, 5) is 66.4. The minimum absolute atomic E-state index is 0.00939. The molecule has 12 rings (SSSR count). The van der Waals surface area contributed by atoms with E-state index in [2.05, 4.69) is 0 Å². The van der Waals surface area contributed by atoms with Crippen molar-refractivity contribution in [3.63, 3.8) is 0 Å². The van der Waals surface area contributed by atoms with Crippen LogP contribution < -0.4 is 0 Å². The van der Waals surface area contributed by atoms with E-state index < -0.39 is 138 Å². The van der Waals surface area contributed by atoms with Gasteiger partial charge >= 0.3 is 11.9 Å². The highest BCUT2D eigenvalue weighted by atomic mass is 16.9. The zero-order valence-corrected chi connectivity index (χ0v) is 54.0. The zero-order valence-electron chi connectivity index (χ0n) is 54.0. The van der Waals surface area contributed by atoms with Crippen LogP contribution in [0.1, 0.15) is 76.2 Å². The number of nitrogens with zero attached hydrogens (tertiary/aromatic N) is 2. The van der Waals surface area contributed by atoms with Crippen LogP contribution in [0, 0.1) is 20.2 Å². The number of hydrogen-bond donors (Lipinski definition) is 0. The minimum atomic E-state index is -2.42. The topological polar surface area (TPSA) is 276 Å².